The third-order valence-corrected chi connectivity index (χ3v) is 6.93. The second kappa shape index (κ2) is 9.02. The van der Waals surface area contributed by atoms with E-state index >= 15 is 0 Å². The van der Waals surface area contributed by atoms with Crippen molar-refractivity contribution < 1.29 is 14.0 Å². The number of benzene rings is 1. The summed E-state index contributed by atoms with van der Waals surface area (Å²) in [5.41, 5.74) is 3.40. The molecule has 1 aromatic carbocycles. The third kappa shape index (κ3) is 4.16. The van der Waals surface area contributed by atoms with Crippen LogP contribution in [0.5, 0.6) is 0 Å². The summed E-state index contributed by atoms with van der Waals surface area (Å²) < 4.78 is 15.2. The van der Waals surface area contributed by atoms with E-state index in [2.05, 4.69) is 10.00 Å². The van der Waals surface area contributed by atoms with Gasteiger partial charge in [0, 0.05) is 50.5 Å². The molecule has 2 saturated heterocycles. The Morgan fingerprint density at radius 1 is 0.844 bits per heavy atom. The van der Waals surface area contributed by atoms with Gasteiger partial charge in [0.1, 0.15) is 5.82 Å². The standard InChI is InChI=1S/C24H30FN5O2/c25-18-7-9-19(10-8-18)30-21-6-4-5-20(21)23(26-30)24(32)29-15-13-27(14-16-29)17-22(31)28-11-2-1-3-12-28/h7-10H,1-6,11-17H2. The summed E-state index contributed by atoms with van der Waals surface area (Å²) >= 11 is 0. The molecule has 0 saturated carbocycles. The number of carbonyl (C=O) groups is 2. The molecule has 0 radical (unpaired) electrons. The Balaban J connectivity index is 1.24. The van der Waals surface area contributed by atoms with Crippen LogP contribution in [0.4, 0.5) is 4.39 Å². The Labute approximate surface area is 187 Å². The zero-order valence-corrected chi connectivity index (χ0v) is 18.4. The zero-order chi connectivity index (χ0) is 22.1. The number of piperidine rings is 1. The molecule has 170 valence electrons. The Kier molecular flexibility index (Phi) is 5.95. The molecule has 2 amide bonds. The molecule has 1 aromatic heterocycles. The highest BCUT2D eigenvalue weighted by Crippen LogP contribution is 2.29. The van der Waals surface area contributed by atoms with E-state index < -0.39 is 0 Å². The first-order valence-electron chi connectivity index (χ1n) is 11.8. The van der Waals surface area contributed by atoms with Crippen LogP contribution >= 0.6 is 0 Å². The number of aromatic nitrogens is 2. The lowest BCUT2D eigenvalue weighted by molar-refractivity contribution is -0.133. The number of hydrogen-bond acceptors (Lipinski definition) is 4. The van der Waals surface area contributed by atoms with Crippen molar-refractivity contribution >= 4 is 11.8 Å². The summed E-state index contributed by atoms with van der Waals surface area (Å²) in [7, 11) is 0. The number of carbonyl (C=O) groups excluding carboxylic acids is 2. The molecule has 0 spiro atoms. The molecule has 0 atom stereocenters. The number of fused-ring (bicyclic) bond motifs is 1. The average molecular weight is 440 g/mol. The van der Waals surface area contributed by atoms with Gasteiger partial charge in [-0.2, -0.15) is 5.10 Å². The average Bonchev–Trinajstić information content (AvgIpc) is 3.43. The van der Waals surface area contributed by atoms with Crippen LogP contribution in [0.15, 0.2) is 24.3 Å². The van der Waals surface area contributed by atoms with E-state index in [4.69, 9.17) is 0 Å². The maximum absolute atomic E-state index is 13.4. The highest BCUT2D eigenvalue weighted by molar-refractivity contribution is 5.94. The van der Waals surface area contributed by atoms with Crippen LogP contribution in [0, 0.1) is 5.82 Å². The predicted molar refractivity (Wildman–Crippen MR) is 118 cm³/mol. The van der Waals surface area contributed by atoms with Crippen molar-refractivity contribution in [2.45, 2.75) is 38.5 Å². The van der Waals surface area contributed by atoms with Gasteiger partial charge in [-0.3, -0.25) is 14.5 Å². The van der Waals surface area contributed by atoms with Gasteiger partial charge in [-0.15, -0.1) is 0 Å². The van der Waals surface area contributed by atoms with Crippen LogP contribution in [0.25, 0.3) is 5.69 Å². The molecular formula is C24H30FN5O2. The zero-order valence-electron chi connectivity index (χ0n) is 18.4. The molecular weight excluding hydrogens is 409 g/mol. The fraction of sp³-hybridized carbons (Fsp3) is 0.542. The van der Waals surface area contributed by atoms with E-state index in [1.807, 2.05) is 14.5 Å². The minimum atomic E-state index is -0.287. The first-order chi connectivity index (χ1) is 15.6. The van der Waals surface area contributed by atoms with Gasteiger partial charge in [0.15, 0.2) is 5.69 Å². The molecule has 5 rings (SSSR count). The molecule has 32 heavy (non-hydrogen) atoms. The fourth-order valence-corrected chi connectivity index (χ4v) is 5.10. The quantitative estimate of drug-likeness (QED) is 0.733. The minimum Gasteiger partial charge on any atom is -0.342 e. The first-order valence-corrected chi connectivity index (χ1v) is 11.8. The SMILES string of the molecule is O=C(CN1CCN(C(=O)c2nn(-c3ccc(F)cc3)c3c2CCC3)CC1)N1CCCCC1. The molecule has 7 nitrogen and oxygen atoms in total. The molecule has 0 unspecified atom stereocenters. The number of nitrogens with zero attached hydrogens (tertiary/aromatic N) is 5. The summed E-state index contributed by atoms with van der Waals surface area (Å²) in [5, 5.41) is 4.66. The van der Waals surface area contributed by atoms with Crippen molar-refractivity contribution in [2.75, 3.05) is 45.8 Å². The Bertz CT molecular complexity index is 989. The van der Waals surface area contributed by atoms with Crippen molar-refractivity contribution in [3.05, 3.63) is 47.0 Å². The number of amides is 2. The van der Waals surface area contributed by atoms with Crippen molar-refractivity contribution in [1.29, 1.82) is 0 Å². The number of halogens is 1. The van der Waals surface area contributed by atoms with Gasteiger partial charge in [-0.1, -0.05) is 0 Å². The summed E-state index contributed by atoms with van der Waals surface area (Å²) in [6.07, 6.45) is 6.14. The third-order valence-electron chi connectivity index (χ3n) is 6.93. The second-order valence-corrected chi connectivity index (χ2v) is 9.03. The number of likely N-dealkylation sites (tertiary alicyclic amines) is 1. The van der Waals surface area contributed by atoms with E-state index in [1.165, 1.54) is 18.6 Å². The minimum absolute atomic E-state index is 0.0361. The molecule has 2 aliphatic heterocycles. The molecule has 2 aromatic rings. The summed E-state index contributed by atoms with van der Waals surface area (Å²) in [4.78, 5) is 31.9. The highest BCUT2D eigenvalue weighted by atomic mass is 19.1. The maximum Gasteiger partial charge on any atom is 0.274 e. The molecule has 8 heteroatoms. The van der Waals surface area contributed by atoms with Gasteiger partial charge in [0.25, 0.3) is 5.91 Å². The van der Waals surface area contributed by atoms with Crippen molar-refractivity contribution in [2.24, 2.45) is 0 Å². The largest absolute Gasteiger partial charge is 0.342 e. The number of piperazine rings is 1. The molecule has 2 fully saturated rings. The predicted octanol–water partition coefficient (Wildman–Crippen LogP) is 2.27. The maximum atomic E-state index is 13.4. The first kappa shape index (κ1) is 21.1. The van der Waals surface area contributed by atoms with Crippen LogP contribution in [0.1, 0.15) is 47.4 Å². The van der Waals surface area contributed by atoms with Gasteiger partial charge in [-0.25, -0.2) is 9.07 Å². The Hall–Kier alpha value is -2.74. The van der Waals surface area contributed by atoms with E-state index in [1.54, 1.807) is 12.1 Å². The fourth-order valence-electron chi connectivity index (χ4n) is 5.10. The Morgan fingerprint density at radius 3 is 2.28 bits per heavy atom. The lowest BCUT2D eigenvalue weighted by Gasteiger charge is -2.35. The van der Waals surface area contributed by atoms with Crippen LogP contribution < -0.4 is 0 Å². The van der Waals surface area contributed by atoms with Crippen LogP contribution in [0.2, 0.25) is 0 Å². The van der Waals surface area contributed by atoms with Crippen molar-refractivity contribution in [3.63, 3.8) is 0 Å². The summed E-state index contributed by atoms with van der Waals surface area (Å²) in [6.45, 7) is 4.79. The second-order valence-electron chi connectivity index (χ2n) is 9.03. The Morgan fingerprint density at radius 2 is 1.56 bits per heavy atom. The smallest absolute Gasteiger partial charge is 0.274 e. The van der Waals surface area contributed by atoms with E-state index in [9.17, 15) is 14.0 Å². The molecule has 0 bridgehead atoms. The van der Waals surface area contributed by atoms with E-state index in [0.717, 1.165) is 62.1 Å². The van der Waals surface area contributed by atoms with Crippen LogP contribution in [0.3, 0.4) is 0 Å². The van der Waals surface area contributed by atoms with Gasteiger partial charge >= 0.3 is 0 Å². The lowest BCUT2D eigenvalue weighted by Crippen LogP contribution is -2.52. The van der Waals surface area contributed by atoms with Crippen LogP contribution in [-0.4, -0.2) is 82.1 Å². The topological polar surface area (TPSA) is 61.7 Å². The number of hydrogen-bond donors (Lipinski definition) is 0. The molecule has 0 N–H and O–H groups in total. The van der Waals surface area contributed by atoms with Crippen molar-refractivity contribution in [1.82, 2.24) is 24.5 Å². The van der Waals surface area contributed by atoms with Crippen LogP contribution in [-0.2, 0) is 17.6 Å². The molecule has 3 aliphatic rings. The summed E-state index contributed by atoms with van der Waals surface area (Å²) in [6, 6.07) is 6.25. The van der Waals surface area contributed by atoms with Gasteiger partial charge in [0.05, 0.1) is 12.2 Å². The molecule has 1 aliphatic carbocycles. The lowest BCUT2D eigenvalue weighted by atomic mass is 10.1. The monoisotopic (exact) mass is 439 g/mol. The van der Waals surface area contributed by atoms with Crippen molar-refractivity contribution in [3.8, 4) is 5.69 Å². The van der Waals surface area contributed by atoms with E-state index in [-0.39, 0.29) is 17.6 Å². The normalized spacial score (nSPS) is 19.3. The van der Waals surface area contributed by atoms with Gasteiger partial charge in [0.2, 0.25) is 5.91 Å². The highest BCUT2D eigenvalue weighted by Gasteiger charge is 2.31. The number of rotatable bonds is 4. The van der Waals surface area contributed by atoms with Gasteiger partial charge < -0.3 is 9.80 Å². The van der Waals surface area contributed by atoms with Gasteiger partial charge in [-0.05, 0) is 62.8 Å². The summed E-state index contributed by atoms with van der Waals surface area (Å²) in [5.74, 6) is -0.114. The molecule has 3 heterocycles. The van der Waals surface area contributed by atoms with E-state index in [0.29, 0.717) is 38.4 Å².